The third kappa shape index (κ3) is 39.9. The summed E-state index contributed by atoms with van der Waals surface area (Å²) < 4.78 is 0. The normalized spacial score (nSPS) is 27.6. The molecule has 3 aromatic carbocycles. The van der Waals surface area contributed by atoms with Gasteiger partial charge in [0.1, 0.15) is 0 Å². The van der Waals surface area contributed by atoms with Gasteiger partial charge < -0.3 is 0 Å². The molecule has 76 heavy (non-hydrogen) atoms. The molecule has 0 nitrogen and oxygen atoms in total. The maximum atomic E-state index is 2.38. The smallest absolute Gasteiger partial charge is 0.0354 e. The molecule has 8 saturated carbocycles. The van der Waals surface area contributed by atoms with Crippen LogP contribution in [0.2, 0.25) is 0 Å². The Morgan fingerprint density at radius 2 is 0.566 bits per heavy atom. The van der Waals surface area contributed by atoms with Crippen LogP contribution >= 0.6 is 0 Å². The van der Waals surface area contributed by atoms with E-state index in [4.69, 9.17) is 0 Å². The van der Waals surface area contributed by atoms with Gasteiger partial charge in [-0.05, 0) is 192 Å². The Kier molecular flexibility index (Phi) is 35.4. The highest BCUT2D eigenvalue weighted by Crippen LogP contribution is 2.44. The molecule has 0 aliphatic heterocycles. The first-order chi connectivity index (χ1) is 35.4. The van der Waals surface area contributed by atoms with E-state index in [1.807, 2.05) is 0 Å². The SMILES string of the molecule is CC1(C)CC1.CC1(C)CCC1.CC1(C)CCCC1.CC1(C)CCCCC1.CC1CC1C.CC1CCC(C)C1.CC1CCC1C.CC1CCCC(C)C1.Cc1ccc(C)cc1.Cc1cccc(C)c1.Cc1ccccc1C. The fourth-order valence-electron chi connectivity index (χ4n) is 10.7. The molecule has 8 aliphatic rings. The summed E-state index contributed by atoms with van der Waals surface area (Å²) in [4.78, 5) is 0. The van der Waals surface area contributed by atoms with Gasteiger partial charge in [0.15, 0.2) is 0 Å². The summed E-state index contributed by atoms with van der Waals surface area (Å²) in [5.74, 6) is 8.24. The lowest BCUT2D eigenvalue weighted by molar-refractivity contribution is 0.190. The van der Waals surface area contributed by atoms with E-state index >= 15 is 0 Å². The highest BCUT2D eigenvalue weighted by atomic mass is 14.4. The fourth-order valence-corrected chi connectivity index (χ4v) is 10.7. The molecule has 0 N–H and O–H groups in total. The van der Waals surface area contributed by atoms with Gasteiger partial charge in [-0.2, -0.15) is 0 Å². The van der Waals surface area contributed by atoms with Gasteiger partial charge in [-0.1, -0.05) is 289 Å². The quantitative estimate of drug-likeness (QED) is 0.210. The van der Waals surface area contributed by atoms with Crippen LogP contribution in [0.4, 0.5) is 0 Å². The Bertz CT molecular complexity index is 1750. The first-order valence-corrected chi connectivity index (χ1v) is 32.5. The molecule has 438 valence electrons. The Morgan fingerprint density at radius 1 is 0.276 bits per heavy atom. The summed E-state index contributed by atoms with van der Waals surface area (Å²) in [7, 11) is 0. The van der Waals surface area contributed by atoms with Crippen molar-refractivity contribution in [3.8, 4) is 0 Å². The fraction of sp³-hybridized carbons (Fsp3) is 0.763. The van der Waals surface area contributed by atoms with Crippen LogP contribution in [0.25, 0.3) is 0 Å². The largest absolute Gasteiger partial charge is 0.0625 e. The van der Waals surface area contributed by atoms with Crippen LogP contribution in [0.1, 0.15) is 298 Å². The van der Waals surface area contributed by atoms with Gasteiger partial charge in [0, 0.05) is 0 Å². The molecule has 0 spiro atoms. The van der Waals surface area contributed by atoms with Crippen molar-refractivity contribution >= 4 is 0 Å². The molecular weight excluding hydrogens is 913 g/mol. The summed E-state index contributed by atoms with van der Waals surface area (Å²) >= 11 is 0. The van der Waals surface area contributed by atoms with Gasteiger partial charge in [-0.3, -0.25) is 0 Å². The predicted molar refractivity (Wildman–Crippen MR) is 347 cm³/mol. The minimum absolute atomic E-state index is 0.679. The second-order valence-corrected chi connectivity index (χ2v) is 30.3. The molecule has 8 atom stereocenters. The lowest BCUT2D eigenvalue weighted by Crippen LogP contribution is -2.20. The standard InChI is InChI=1S/C8H10.C8H16.C8H10.C8H16.C8H10.2C7H14.2C6H12.2C5H10/c1-7-3-5-8(2)6-4-7;2*1-7-4-3-5-8(2)6-7;1-8(2)6-4-3-5-7-8;1-7-5-3-4-6-8(7)2;1-6-3-4-7(2)5-6;1-7(2)5-3-4-6-7;1-6(2)4-3-5-6;1-5-3-4-6(5)2;1-5(2)3-4-5;1-4-3-5(4)2/h3-6H,1-2H3;7-8H,3-6H2,1-2H3;3-6H,1-2H3;3-7H2,1-2H3;3-6H,1-2H3;6-7H,3-5H2,1-2H3;3-6H2,1-2H3;3-5H2,1-2H3;5-6H,3-4H2,1-2H3;3-4H2,1-2H3;4-5H,3H2,1-2H3. The van der Waals surface area contributed by atoms with E-state index in [0.29, 0.717) is 10.8 Å². The molecule has 0 heteroatoms. The van der Waals surface area contributed by atoms with Crippen LogP contribution < -0.4 is 0 Å². The summed E-state index contributed by atoms with van der Waals surface area (Å²) in [6.07, 6.45) is 35.2. The molecule has 3 aromatic rings. The number of aryl methyl sites for hydroxylation is 6. The van der Waals surface area contributed by atoms with Crippen molar-refractivity contribution < 1.29 is 0 Å². The van der Waals surface area contributed by atoms with E-state index in [0.717, 1.165) is 58.2 Å². The average Bonchev–Trinajstić information content (AvgIpc) is 4.09. The van der Waals surface area contributed by atoms with Gasteiger partial charge in [-0.25, -0.2) is 0 Å². The molecule has 0 saturated heterocycles. The summed E-state index contributed by atoms with van der Waals surface area (Å²) in [6, 6.07) is 25.3. The number of hydrogen-bond donors (Lipinski definition) is 0. The summed E-state index contributed by atoms with van der Waals surface area (Å²) in [6.45, 7) is 50.1. The third-order valence-corrected chi connectivity index (χ3v) is 18.7. The minimum atomic E-state index is 0.679. The van der Waals surface area contributed by atoms with Crippen molar-refractivity contribution in [2.24, 2.45) is 69.0 Å². The molecule has 8 aliphatic carbocycles. The predicted octanol–water partition coefficient (Wildman–Crippen LogP) is 25.5. The molecular formula is C76H134. The monoisotopic (exact) mass is 1050 g/mol. The minimum Gasteiger partial charge on any atom is -0.0625 e. The molecule has 0 bridgehead atoms. The zero-order chi connectivity index (χ0) is 57.5. The second-order valence-electron chi connectivity index (χ2n) is 30.3. The van der Waals surface area contributed by atoms with Crippen molar-refractivity contribution in [1.29, 1.82) is 0 Å². The van der Waals surface area contributed by atoms with Crippen LogP contribution in [-0.4, -0.2) is 0 Å². The van der Waals surface area contributed by atoms with E-state index in [1.165, 1.54) is 187 Å². The van der Waals surface area contributed by atoms with E-state index in [-0.39, 0.29) is 0 Å². The van der Waals surface area contributed by atoms with Crippen molar-refractivity contribution in [3.63, 3.8) is 0 Å². The molecule has 0 radical (unpaired) electrons. The summed E-state index contributed by atoms with van der Waals surface area (Å²) in [5, 5.41) is 0. The highest BCUT2D eigenvalue weighted by molar-refractivity contribution is 5.23. The van der Waals surface area contributed by atoms with Crippen LogP contribution in [0.15, 0.2) is 72.8 Å². The van der Waals surface area contributed by atoms with E-state index in [1.54, 1.807) is 0 Å². The second kappa shape index (κ2) is 37.6. The lowest BCUT2D eigenvalue weighted by atomic mass is 9.72. The molecule has 0 amide bonds. The van der Waals surface area contributed by atoms with E-state index in [2.05, 4.69) is 225 Å². The van der Waals surface area contributed by atoms with Crippen LogP contribution in [0, 0.1) is 111 Å². The molecule has 0 heterocycles. The van der Waals surface area contributed by atoms with Gasteiger partial charge in [0.2, 0.25) is 0 Å². The van der Waals surface area contributed by atoms with Gasteiger partial charge >= 0.3 is 0 Å². The Labute approximate surface area is 479 Å². The van der Waals surface area contributed by atoms with Crippen molar-refractivity contribution in [2.75, 3.05) is 0 Å². The average molecular weight is 1050 g/mol. The molecule has 11 rings (SSSR count). The van der Waals surface area contributed by atoms with Crippen molar-refractivity contribution in [3.05, 3.63) is 106 Å². The van der Waals surface area contributed by atoms with Crippen molar-refractivity contribution in [2.45, 2.75) is 306 Å². The van der Waals surface area contributed by atoms with Crippen LogP contribution in [0.5, 0.6) is 0 Å². The Hall–Kier alpha value is -2.34. The zero-order valence-electron chi connectivity index (χ0n) is 55.5. The summed E-state index contributed by atoms with van der Waals surface area (Å²) in [5.41, 5.74) is 10.9. The van der Waals surface area contributed by atoms with Crippen molar-refractivity contribution in [1.82, 2.24) is 0 Å². The maximum absolute atomic E-state index is 2.38. The van der Waals surface area contributed by atoms with Gasteiger partial charge in [0.05, 0.1) is 0 Å². The number of benzene rings is 3. The number of rotatable bonds is 0. The maximum Gasteiger partial charge on any atom is -0.0354 e. The first kappa shape index (κ1) is 71.7. The third-order valence-electron chi connectivity index (χ3n) is 18.7. The molecule has 0 aromatic heterocycles. The van der Waals surface area contributed by atoms with Gasteiger partial charge in [0.25, 0.3) is 0 Å². The highest BCUT2D eigenvalue weighted by Gasteiger charge is 2.30. The van der Waals surface area contributed by atoms with Crippen LogP contribution in [-0.2, 0) is 0 Å². The van der Waals surface area contributed by atoms with E-state index < -0.39 is 0 Å². The molecule has 8 fully saturated rings. The Morgan fingerprint density at radius 3 is 0.711 bits per heavy atom. The topological polar surface area (TPSA) is 0 Å². The molecule has 8 unspecified atom stereocenters. The first-order valence-electron chi connectivity index (χ1n) is 32.5. The van der Waals surface area contributed by atoms with E-state index in [9.17, 15) is 0 Å². The zero-order valence-corrected chi connectivity index (χ0v) is 55.5. The van der Waals surface area contributed by atoms with Crippen LogP contribution in [0.3, 0.4) is 0 Å². The lowest BCUT2D eigenvalue weighted by Gasteiger charge is -2.33. The Balaban J connectivity index is 0.000000419. The van der Waals surface area contributed by atoms with Gasteiger partial charge in [-0.15, -0.1) is 0 Å². The number of hydrogen-bond acceptors (Lipinski definition) is 0.